The summed E-state index contributed by atoms with van der Waals surface area (Å²) in [6.07, 6.45) is 3.64. The molecule has 20 heavy (non-hydrogen) atoms. The Balaban J connectivity index is 2.25. The van der Waals surface area contributed by atoms with E-state index in [0.29, 0.717) is 5.56 Å². The molecule has 0 aliphatic heterocycles. The summed E-state index contributed by atoms with van der Waals surface area (Å²) in [6, 6.07) is 12.0. The van der Waals surface area contributed by atoms with E-state index in [2.05, 4.69) is 10.4 Å². The van der Waals surface area contributed by atoms with Crippen LogP contribution in [0.15, 0.2) is 52.8 Å². The fourth-order valence-electron chi connectivity index (χ4n) is 1.73. The Morgan fingerprint density at radius 2 is 1.40 bits per heavy atom. The quantitative estimate of drug-likeness (QED) is 0.585. The van der Waals surface area contributed by atoms with E-state index in [1.54, 1.807) is 25.3 Å². The lowest BCUT2D eigenvalue weighted by Gasteiger charge is -2.00. The molecule has 100 valence electrons. The summed E-state index contributed by atoms with van der Waals surface area (Å²) in [7, 11) is 1.61. The zero-order valence-corrected chi connectivity index (χ0v) is 10.8. The Labute approximate surface area is 115 Å². The minimum absolute atomic E-state index is 0.177. The van der Waals surface area contributed by atoms with E-state index in [9.17, 15) is 9.81 Å². The summed E-state index contributed by atoms with van der Waals surface area (Å²) in [6.45, 7) is 0. The van der Waals surface area contributed by atoms with E-state index in [0.717, 1.165) is 11.3 Å². The zero-order chi connectivity index (χ0) is 14.4. The van der Waals surface area contributed by atoms with Crippen molar-refractivity contribution in [2.45, 2.75) is 0 Å². The van der Waals surface area contributed by atoms with Crippen LogP contribution in [0.3, 0.4) is 0 Å². The number of nitroso groups, excluding NO2 is 2. The van der Waals surface area contributed by atoms with E-state index in [4.69, 9.17) is 4.74 Å². The van der Waals surface area contributed by atoms with E-state index in [1.165, 1.54) is 6.07 Å². The van der Waals surface area contributed by atoms with Crippen molar-refractivity contribution >= 4 is 23.5 Å². The lowest BCUT2D eigenvalue weighted by molar-refractivity contribution is 0.415. The molecule has 0 heterocycles. The highest BCUT2D eigenvalue weighted by Gasteiger charge is 2.00. The predicted molar refractivity (Wildman–Crippen MR) is 79.3 cm³/mol. The van der Waals surface area contributed by atoms with Crippen molar-refractivity contribution in [1.82, 2.24) is 0 Å². The minimum atomic E-state index is 0.177. The third kappa shape index (κ3) is 3.35. The third-order valence-electron chi connectivity index (χ3n) is 2.72. The molecule has 2 rings (SSSR count). The molecular weight excluding hydrogens is 256 g/mol. The summed E-state index contributed by atoms with van der Waals surface area (Å²) in [5.41, 5.74) is 2.01. The Morgan fingerprint density at radius 3 is 1.90 bits per heavy atom. The van der Waals surface area contributed by atoms with Crippen LogP contribution in [0.25, 0.3) is 12.2 Å². The molecule has 5 nitrogen and oxygen atoms in total. The Kier molecular flexibility index (Phi) is 4.34. The van der Waals surface area contributed by atoms with Crippen LogP contribution < -0.4 is 4.74 Å². The van der Waals surface area contributed by atoms with Crippen molar-refractivity contribution in [1.29, 1.82) is 0 Å². The van der Waals surface area contributed by atoms with Gasteiger partial charge in [-0.1, -0.05) is 24.3 Å². The summed E-state index contributed by atoms with van der Waals surface area (Å²) < 4.78 is 5.07. The van der Waals surface area contributed by atoms with Crippen LogP contribution >= 0.6 is 0 Å². The monoisotopic (exact) mass is 268 g/mol. The lowest BCUT2D eigenvalue weighted by Crippen LogP contribution is -1.81. The first kappa shape index (κ1) is 13.6. The van der Waals surface area contributed by atoms with Gasteiger partial charge in [0.2, 0.25) is 0 Å². The SMILES string of the molecule is COc1ccc(/C=C/c2cc(N=O)cc(N=O)c2)cc1. The molecule has 5 heteroatoms. The summed E-state index contributed by atoms with van der Waals surface area (Å²) in [5.74, 6) is 0.779. The average Bonchev–Trinajstić information content (AvgIpc) is 2.53. The molecule has 0 N–H and O–H groups in total. The van der Waals surface area contributed by atoms with E-state index in [-0.39, 0.29) is 11.4 Å². The van der Waals surface area contributed by atoms with Crippen molar-refractivity contribution < 1.29 is 4.74 Å². The first-order valence-corrected chi connectivity index (χ1v) is 5.89. The highest BCUT2D eigenvalue weighted by molar-refractivity contribution is 5.73. The zero-order valence-electron chi connectivity index (χ0n) is 10.8. The molecule has 0 aliphatic rings. The normalized spacial score (nSPS) is 10.4. The van der Waals surface area contributed by atoms with Crippen LogP contribution in [0.5, 0.6) is 5.75 Å². The van der Waals surface area contributed by atoms with E-state index in [1.807, 2.05) is 30.3 Å². The van der Waals surface area contributed by atoms with Gasteiger partial charge in [-0.25, -0.2) is 0 Å². The third-order valence-corrected chi connectivity index (χ3v) is 2.72. The van der Waals surface area contributed by atoms with Crippen LogP contribution in [0.1, 0.15) is 11.1 Å². The fourth-order valence-corrected chi connectivity index (χ4v) is 1.73. The van der Waals surface area contributed by atoms with Crippen LogP contribution in [0.2, 0.25) is 0 Å². The van der Waals surface area contributed by atoms with Crippen LogP contribution in [-0.4, -0.2) is 7.11 Å². The van der Waals surface area contributed by atoms with Gasteiger partial charge in [-0.2, -0.15) is 0 Å². The lowest BCUT2D eigenvalue weighted by atomic mass is 10.1. The van der Waals surface area contributed by atoms with Crippen LogP contribution in [0.4, 0.5) is 11.4 Å². The molecule has 2 aromatic carbocycles. The first-order valence-electron chi connectivity index (χ1n) is 5.89. The Hall–Kier alpha value is -2.82. The van der Waals surface area contributed by atoms with E-state index < -0.39 is 0 Å². The van der Waals surface area contributed by atoms with Gasteiger partial charge in [0.1, 0.15) is 17.1 Å². The molecular formula is C15H12N2O3. The molecule has 0 bridgehead atoms. The van der Waals surface area contributed by atoms with Crippen molar-refractivity contribution in [2.24, 2.45) is 10.4 Å². The fraction of sp³-hybridized carbons (Fsp3) is 0.0667. The first-order chi connectivity index (χ1) is 9.75. The number of rotatable bonds is 5. The molecule has 0 saturated heterocycles. The molecule has 0 saturated carbocycles. The van der Waals surface area contributed by atoms with Gasteiger partial charge in [-0.3, -0.25) is 0 Å². The second-order valence-electron chi connectivity index (χ2n) is 4.07. The number of hydrogen-bond acceptors (Lipinski definition) is 5. The van der Waals surface area contributed by atoms with Crippen molar-refractivity contribution in [3.8, 4) is 5.75 Å². The maximum Gasteiger partial charge on any atom is 0.118 e. The number of nitrogens with zero attached hydrogens (tertiary/aromatic N) is 2. The van der Waals surface area contributed by atoms with Gasteiger partial charge in [-0.05, 0) is 51.8 Å². The molecule has 0 fully saturated rings. The molecule has 2 aromatic rings. The number of hydrogen-bond donors (Lipinski definition) is 0. The summed E-state index contributed by atoms with van der Waals surface area (Å²) in [5, 5.41) is 5.64. The van der Waals surface area contributed by atoms with E-state index >= 15 is 0 Å². The predicted octanol–water partition coefficient (Wildman–Crippen LogP) is 4.66. The van der Waals surface area contributed by atoms with Gasteiger partial charge in [0, 0.05) is 0 Å². The second kappa shape index (κ2) is 6.38. The van der Waals surface area contributed by atoms with Crippen LogP contribution in [-0.2, 0) is 0 Å². The van der Waals surface area contributed by atoms with Crippen molar-refractivity contribution in [3.05, 3.63) is 63.4 Å². The topological polar surface area (TPSA) is 68.1 Å². The molecule has 0 radical (unpaired) electrons. The molecule has 0 aromatic heterocycles. The maximum absolute atomic E-state index is 10.5. The average molecular weight is 268 g/mol. The molecule has 0 aliphatic carbocycles. The van der Waals surface area contributed by atoms with Gasteiger partial charge < -0.3 is 4.74 Å². The molecule has 0 unspecified atom stereocenters. The van der Waals surface area contributed by atoms with Gasteiger partial charge in [0.25, 0.3) is 0 Å². The van der Waals surface area contributed by atoms with Gasteiger partial charge in [-0.15, -0.1) is 9.81 Å². The Morgan fingerprint density at radius 1 is 0.850 bits per heavy atom. The highest BCUT2D eigenvalue weighted by atomic mass is 16.5. The van der Waals surface area contributed by atoms with Gasteiger partial charge in [0.05, 0.1) is 7.11 Å². The number of methoxy groups -OCH3 is 1. The molecule has 0 spiro atoms. The summed E-state index contributed by atoms with van der Waals surface area (Å²) in [4.78, 5) is 21.1. The van der Waals surface area contributed by atoms with Gasteiger partial charge in [0.15, 0.2) is 0 Å². The molecule has 0 amide bonds. The van der Waals surface area contributed by atoms with Crippen molar-refractivity contribution in [2.75, 3.05) is 7.11 Å². The molecule has 0 atom stereocenters. The minimum Gasteiger partial charge on any atom is -0.497 e. The largest absolute Gasteiger partial charge is 0.497 e. The Bertz CT molecular complexity index is 622. The standard InChI is InChI=1S/C15H12N2O3/c1-20-15-6-4-11(5-7-15)2-3-12-8-13(16-18)10-14(9-12)17-19/h2-10H,1H3/b3-2+. The second-order valence-corrected chi connectivity index (χ2v) is 4.07. The van der Waals surface area contributed by atoms with Crippen molar-refractivity contribution in [3.63, 3.8) is 0 Å². The smallest absolute Gasteiger partial charge is 0.118 e. The van der Waals surface area contributed by atoms with Gasteiger partial charge >= 0.3 is 0 Å². The van der Waals surface area contributed by atoms with Crippen LogP contribution in [0, 0.1) is 9.81 Å². The highest BCUT2D eigenvalue weighted by Crippen LogP contribution is 2.24. The number of ether oxygens (including phenoxy) is 1. The number of benzene rings is 2. The summed E-state index contributed by atoms with van der Waals surface area (Å²) >= 11 is 0. The maximum atomic E-state index is 10.5.